The van der Waals surface area contributed by atoms with Crippen LogP contribution in [0.1, 0.15) is 23.8 Å². The standard InChI is InChI=1S/C24H19N7O4S3/c1-13-10-20(30-35-13)31-38(33,34)16-7-5-15(6-8-16)28-23(32)14(2)37-24-18(12-26)21(19-4-3-9-36-19)17(11-25)22(27)29-24/h3-10,14H,1-2H3,(H2,27,29)(H,28,32)(H,30,31). The molecule has 1 aromatic carbocycles. The molecular formula is C24H19N7O4S3. The molecule has 0 bridgehead atoms. The Hall–Kier alpha value is -4.37. The van der Waals surface area contributed by atoms with E-state index in [0.717, 1.165) is 11.8 Å². The molecule has 0 radical (unpaired) electrons. The summed E-state index contributed by atoms with van der Waals surface area (Å²) in [5.41, 5.74) is 7.04. The molecule has 4 aromatic rings. The molecule has 4 rings (SSSR count). The zero-order valence-corrected chi connectivity index (χ0v) is 22.4. The van der Waals surface area contributed by atoms with E-state index in [-0.39, 0.29) is 32.7 Å². The molecule has 14 heteroatoms. The Bertz CT molecular complexity index is 1680. The second kappa shape index (κ2) is 10.9. The van der Waals surface area contributed by atoms with Crippen molar-refractivity contribution >= 4 is 56.4 Å². The molecule has 3 aromatic heterocycles. The van der Waals surface area contributed by atoms with Gasteiger partial charge in [0.25, 0.3) is 10.0 Å². The van der Waals surface area contributed by atoms with Gasteiger partial charge in [-0.15, -0.1) is 11.3 Å². The van der Waals surface area contributed by atoms with E-state index in [1.165, 1.54) is 41.7 Å². The highest BCUT2D eigenvalue weighted by atomic mass is 32.2. The first kappa shape index (κ1) is 26.7. The van der Waals surface area contributed by atoms with Gasteiger partial charge >= 0.3 is 0 Å². The minimum atomic E-state index is -3.90. The van der Waals surface area contributed by atoms with Crippen LogP contribution in [0.25, 0.3) is 10.4 Å². The zero-order valence-electron chi connectivity index (χ0n) is 19.9. The van der Waals surface area contributed by atoms with Crippen LogP contribution in [0.5, 0.6) is 0 Å². The molecule has 0 aliphatic heterocycles. The number of carbonyl (C=O) groups excluding carboxylic acids is 1. The van der Waals surface area contributed by atoms with Crippen molar-refractivity contribution in [3.63, 3.8) is 0 Å². The summed E-state index contributed by atoms with van der Waals surface area (Å²) >= 11 is 2.38. The Morgan fingerprint density at radius 1 is 1.18 bits per heavy atom. The molecule has 0 spiro atoms. The fraction of sp³-hybridized carbons (Fsp3) is 0.125. The SMILES string of the molecule is Cc1cc(NS(=O)(=O)c2ccc(NC(=O)C(C)Sc3nc(N)c(C#N)c(-c4cccs4)c3C#N)cc2)no1. The smallest absolute Gasteiger partial charge is 0.263 e. The first-order valence-electron chi connectivity index (χ1n) is 10.8. The van der Waals surface area contributed by atoms with E-state index < -0.39 is 21.2 Å². The number of amides is 1. The van der Waals surface area contributed by atoms with Gasteiger partial charge in [-0.25, -0.2) is 13.4 Å². The van der Waals surface area contributed by atoms with Gasteiger partial charge < -0.3 is 15.6 Å². The summed E-state index contributed by atoms with van der Waals surface area (Å²) in [6.07, 6.45) is 0. The molecule has 1 unspecified atom stereocenters. The van der Waals surface area contributed by atoms with Crippen molar-refractivity contribution in [3.05, 3.63) is 64.7 Å². The van der Waals surface area contributed by atoms with E-state index in [1.807, 2.05) is 11.4 Å². The molecule has 192 valence electrons. The Balaban J connectivity index is 1.50. The zero-order chi connectivity index (χ0) is 27.4. The van der Waals surface area contributed by atoms with E-state index in [2.05, 4.69) is 26.2 Å². The third-order valence-corrected chi connectivity index (χ3v) is 8.48. The first-order chi connectivity index (χ1) is 18.1. The minimum Gasteiger partial charge on any atom is -0.383 e. The lowest BCUT2D eigenvalue weighted by atomic mass is 10.0. The number of aryl methyl sites for hydroxylation is 1. The number of nitrogens with two attached hydrogens (primary N) is 1. The third kappa shape index (κ3) is 5.63. The number of sulfonamides is 1. The van der Waals surface area contributed by atoms with E-state index in [1.54, 1.807) is 26.0 Å². The number of rotatable bonds is 8. The van der Waals surface area contributed by atoms with Crippen molar-refractivity contribution in [3.8, 4) is 22.6 Å². The van der Waals surface area contributed by atoms with Crippen LogP contribution in [0.15, 0.2) is 62.3 Å². The Labute approximate surface area is 226 Å². The molecule has 3 heterocycles. The number of pyridine rings is 1. The topological polar surface area (TPSA) is 188 Å². The van der Waals surface area contributed by atoms with Crippen LogP contribution in [0, 0.1) is 29.6 Å². The van der Waals surface area contributed by atoms with Gasteiger partial charge in [0.05, 0.1) is 15.7 Å². The molecule has 11 nitrogen and oxygen atoms in total. The summed E-state index contributed by atoms with van der Waals surface area (Å²) in [6, 6.07) is 14.7. The summed E-state index contributed by atoms with van der Waals surface area (Å²) in [6.45, 7) is 3.27. The van der Waals surface area contributed by atoms with Gasteiger partial charge in [-0.3, -0.25) is 9.52 Å². The molecule has 4 N–H and O–H groups in total. The molecule has 0 saturated heterocycles. The average molecular weight is 566 g/mol. The van der Waals surface area contributed by atoms with Crippen molar-refractivity contribution < 1.29 is 17.7 Å². The number of anilines is 3. The predicted molar refractivity (Wildman–Crippen MR) is 144 cm³/mol. The summed E-state index contributed by atoms with van der Waals surface area (Å²) in [5.74, 6) is 0.0716. The predicted octanol–water partition coefficient (Wildman–Crippen LogP) is 4.35. The van der Waals surface area contributed by atoms with Crippen LogP contribution >= 0.6 is 23.1 Å². The fourth-order valence-electron chi connectivity index (χ4n) is 3.34. The highest BCUT2D eigenvalue weighted by Gasteiger charge is 2.25. The van der Waals surface area contributed by atoms with Crippen LogP contribution in [0.2, 0.25) is 0 Å². The number of nitrogen functional groups attached to an aromatic ring is 1. The molecular weight excluding hydrogens is 547 g/mol. The Kier molecular flexibility index (Phi) is 7.68. The van der Waals surface area contributed by atoms with Gasteiger partial charge in [0.1, 0.15) is 34.3 Å². The monoisotopic (exact) mass is 565 g/mol. The molecule has 0 saturated carbocycles. The number of nitriles is 2. The third-order valence-electron chi connectivity index (χ3n) is 5.14. The number of carbonyl (C=O) groups is 1. The van der Waals surface area contributed by atoms with E-state index >= 15 is 0 Å². The Morgan fingerprint density at radius 2 is 1.89 bits per heavy atom. The second-order valence-corrected chi connectivity index (χ2v) is 11.8. The van der Waals surface area contributed by atoms with Gasteiger partial charge in [-0.1, -0.05) is 23.0 Å². The van der Waals surface area contributed by atoms with Crippen LogP contribution in [0.3, 0.4) is 0 Å². The number of hydrogen-bond acceptors (Lipinski definition) is 11. The maximum absolute atomic E-state index is 12.9. The number of nitrogens with one attached hydrogen (secondary N) is 2. The van der Waals surface area contributed by atoms with Gasteiger partial charge in [-0.2, -0.15) is 10.5 Å². The molecule has 1 atom stereocenters. The lowest BCUT2D eigenvalue weighted by Crippen LogP contribution is -2.23. The van der Waals surface area contributed by atoms with Crippen molar-refractivity contribution in [2.45, 2.75) is 29.0 Å². The van der Waals surface area contributed by atoms with Crippen LogP contribution in [-0.4, -0.2) is 29.7 Å². The van der Waals surface area contributed by atoms with Crippen molar-refractivity contribution in [1.82, 2.24) is 10.1 Å². The van der Waals surface area contributed by atoms with Crippen LogP contribution < -0.4 is 15.8 Å². The van der Waals surface area contributed by atoms with Crippen molar-refractivity contribution in [1.29, 1.82) is 10.5 Å². The van der Waals surface area contributed by atoms with Crippen LogP contribution in [0.4, 0.5) is 17.3 Å². The molecule has 1 amide bonds. The highest BCUT2D eigenvalue weighted by molar-refractivity contribution is 8.00. The molecule has 0 aliphatic rings. The minimum absolute atomic E-state index is 0.0313. The lowest BCUT2D eigenvalue weighted by molar-refractivity contribution is -0.115. The van der Waals surface area contributed by atoms with Gasteiger partial charge in [-0.05, 0) is 49.6 Å². The number of aromatic nitrogens is 2. The summed E-state index contributed by atoms with van der Waals surface area (Å²) in [7, 11) is -3.90. The molecule has 38 heavy (non-hydrogen) atoms. The second-order valence-electron chi connectivity index (χ2n) is 7.83. The van der Waals surface area contributed by atoms with E-state index in [4.69, 9.17) is 10.3 Å². The van der Waals surface area contributed by atoms with E-state index in [9.17, 15) is 23.7 Å². The summed E-state index contributed by atoms with van der Waals surface area (Å²) in [4.78, 5) is 17.8. The number of benzene rings is 1. The van der Waals surface area contributed by atoms with Crippen molar-refractivity contribution in [2.75, 3.05) is 15.8 Å². The maximum Gasteiger partial charge on any atom is 0.263 e. The average Bonchev–Trinajstić information content (AvgIpc) is 3.55. The highest BCUT2D eigenvalue weighted by Crippen LogP contribution is 2.38. The number of thioether (sulfide) groups is 1. The quantitative estimate of drug-likeness (QED) is 0.259. The van der Waals surface area contributed by atoms with Gasteiger partial charge in [0, 0.05) is 22.2 Å². The van der Waals surface area contributed by atoms with Crippen LogP contribution in [-0.2, 0) is 14.8 Å². The fourth-order valence-corrected chi connectivity index (χ4v) is 6.03. The number of nitrogens with zero attached hydrogens (tertiary/aromatic N) is 4. The lowest BCUT2D eigenvalue weighted by Gasteiger charge is -2.15. The molecule has 0 aliphatic carbocycles. The summed E-state index contributed by atoms with van der Waals surface area (Å²) < 4.78 is 32.3. The number of hydrogen-bond donors (Lipinski definition) is 3. The first-order valence-corrected chi connectivity index (χ1v) is 14.1. The number of thiophene rings is 1. The normalized spacial score (nSPS) is 11.8. The molecule has 0 fully saturated rings. The largest absolute Gasteiger partial charge is 0.383 e. The van der Waals surface area contributed by atoms with Crippen molar-refractivity contribution in [2.24, 2.45) is 0 Å². The summed E-state index contributed by atoms with van der Waals surface area (Å²) in [5, 5.41) is 27.1. The van der Waals surface area contributed by atoms with Gasteiger partial charge in [0.2, 0.25) is 5.91 Å². The maximum atomic E-state index is 12.9. The Morgan fingerprint density at radius 3 is 2.47 bits per heavy atom. The van der Waals surface area contributed by atoms with E-state index in [0.29, 0.717) is 21.9 Å². The van der Waals surface area contributed by atoms with Gasteiger partial charge in [0.15, 0.2) is 5.82 Å².